The zero-order valence-electron chi connectivity index (χ0n) is 11.5. The summed E-state index contributed by atoms with van der Waals surface area (Å²) >= 11 is 3.54. The van der Waals surface area contributed by atoms with Crippen LogP contribution in [0.2, 0.25) is 0 Å². The maximum atomic E-state index is 5.82. The van der Waals surface area contributed by atoms with Crippen LogP contribution in [0.15, 0.2) is 24.3 Å². The van der Waals surface area contributed by atoms with Gasteiger partial charge in [-0.2, -0.15) is 0 Å². The van der Waals surface area contributed by atoms with Crippen LogP contribution < -0.4 is 4.74 Å². The van der Waals surface area contributed by atoms with Crippen molar-refractivity contribution >= 4 is 15.9 Å². The largest absolute Gasteiger partial charge is 0.493 e. The topological polar surface area (TPSA) is 18.5 Å². The van der Waals surface area contributed by atoms with Crippen LogP contribution in [0.3, 0.4) is 0 Å². The second-order valence-electron chi connectivity index (χ2n) is 4.86. The van der Waals surface area contributed by atoms with Gasteiger partial charge in [-0.15, -0.1) is 0 Å². The minimum Gasteiger partial charge on any atom is -0.493 e. The Bertz CT molecular complexity index is 322. The van der Waals surface area contributed by atoms with E-state index in [1.54, 1.807) is 7.11 Å². The van der Waals surface area contributed by atoms with Crippen molar-refractivity contribution in [2.75, 3.05) is 25.7 Å². The fourth-order valence-corrected chi connectivity index (χ4v) is 2.53. The maximum absolute atomic E-state index is 5.82. The fourth-order valence-electron chi connectivity index (χ4n) is 1.59. The van der Waals surface area contributed by atoms with Crippen molar-refractivity contribution in [1.29, 1.82) is 0 Å². The standard InChI is InChI=1S/C15H23BrO2/c1-12(2)14(10-16)11-18-15-6-4-13(5-7-15)8-9-17-3/h4-7,12,14H,8-11H2,1-3H3. The molecule has 1 aromatic carbocycles. The minimum atomic E-state index is 0.554. The zero-order chi connectivity index (χ0) is 13.4. The molecule has 0 N–H and O–H groups in total. The van der Waals surface area contributed by atoms with E-state index in [4.69, 9.17) is 9.47 Å². The Balaban J connectivity index is 2.43. The number of rotatable bonds is 8. The van der Waals surface area contributed by atoms with Crippen LogP contribution >= 0.6 is 15.9 Å². The number of hydrogen-bond donors (Lipinski definition) is 0. The van der Waals surface area contributed by atoms with Crippen molar-refractivity contribution in [3.8, 4) is 5.75 Å². The van der Waals surface area contributed by atoms with Gasteiger partial charge in [0.15, 0.2) is 0 Å². The summed E-state index contributed by atoms with van der Waals surface area (Å²) in [5.74, 6) is 2.13. The van der Waals surface area contributed by atoms with Crippen LogP contribution in [-0.4, -0.2) is 25.7 Å². The number of methoxy groups -OCH3 is 1. The Morgan fingerprint density at radius 1 is 1.17 bits per heavy atom. The van der Waals surface area contributed by atoms with Gasteiger partial charge < -0.3 is 9.47 Å². The van der Waals surface area contributed by atoms with E-state index in [2.05, 4.69) is 41.9 Å². The Kier molecular flexibility index (Phi) is 7.36. The normalized spacial score (nSPS) is 12.7. The molecular weight excluding hydrogens is 292 g/mol. The quantitative estimate of drug-likeness (QED) is 0.677. The highest BCUT2D eigenvalue weighted by Gasteiger charge is 2.12. The van der Waals surface area contributed by atoms with Crippen LogP contribution in [0.1, 0.15) is 19.4 Å². The molecule has 0 radical (unpaired) electrons. The highest BCUT2D eigenvalue weighted by Crippen LogP contribution is 2.18. The van der Waals surface area contributed by atoms with Crippen molar-refractivity contribution < 1.29 is 9.47 Å². The van der Waals surface area contributed by atoms with E-state index in [0.717, 1.165) is 30.7 Å². The number of hydrogen-bond acceptors (Lipinski definition) is 2. The SMILES string of the molecule is COCCc1ccc(OCC(CBr)C(C)C)cc1. The lowest BCUT2D eigenvalue weighted by Crippen LogP contribution is -2.19. The van der Waals surface area contributed by atoms with Crippen molar-refractivity contribution in [1.82, 2.24) is 0 Å². The lowest BCUT2D eigenvalue weighted by Gasteiger charge is -2.18. The van der Waals surface area contributed by atoms with E-state index < -0.39 is 0 Å². The summed E-state index contributed by atoms with van der Waals surface area (Å²) in [6.45, 7) is 5.98. The van der Waals surface area contributed by atoms with Gasteiger partial charge in [0.2, 0.25) is 0 Å². The third kappa shape index (κ3) is 5.40. The van der Waals surface area contributed by atoms with E-state index in [9.17, 15) is 0 Å². The Hall–Kier alpha value is -0.540. The summed E-state index contributed by atoms with van der Waals surface area (Å²) in [5.41, 5.74) is 1.28. The van der Waals surface area contributed by atoms with E-state index in [1.165, 1.54) is 5.56 Å². The second kappa shape index (κ2) is 8.54. The van der Waals surface area contributed by atoms with Gasteiger partial charge in [-0.1, -0.05) is 41.9 Å². The number of halogens is 1. The molecule has 102 valence electrons. The number of alkyl halides is 1. The molecule has 1 rings (SSSR count). The Morgan fingerprint density at radius 3 is 2.33 bits per heavy atom. The molecule has 0 aliphatic carbocycles. The smallest absolute Gasteiger partial charge is 0.119 e. The molecule has 0 heterocycles. The molecule has 0 saturated carbocycles. The molecule has 0 bridgehead atoms. The minimum absolute atomic E-state index is 0.554. The lowest BCUT2D eigenvalue weighted by atomic mass is 9.99. The highest BCUT2D eigenvalue weighted by molar-refractivity contribution is 9.09. The van der Waals surface area contributed by atoms with Gasteiger partial charge in [0.1, 0.15) is 5.75 Å². The molecule has 0 aliphatic rings. The van der Waals surface area contributed by atoms with Crippen molar-refractivity contribution in [3.05, 3.63) is 29.8 Å². The van der Waals surface area contributed by atoms with Gasteiger partial charge in [-0.05, 0) is 30.0 Å². The summed E-state index contributed by atoms with van der Waals surface area (Å²) in [4.78, 5) is 0. The predicted molar refractivity (Wildman–Crippen MR) is 79.6 cm³/mol. The molecule has 3 heteroatoms. The Labute approximate surface area is 119 Å². The molecule has 2 nitrogen and oxygen atoms in total. The molecule has 0 saturated heterocycles. The number of ether oxygens (including phenoxy) is 2. The summed E-state index contributed by atoms with van der Waals surface area (Å²) in [6.07, 6.45) is 0.951. The summed E-state index contributed by atoms with van der Waals surface area (Å²) in [5, 5.41) is 0.983. The second-order valence-corrected chi connectivity index (χ2v) is 5.50. The van der Waals surface area contributed by atoms with E-state index >= 15 is 0 Å². The molecular formula is C15H23BrO2. The van der Waals surface area contributed by atoms with E-state index in [0.29, 0.717) is 11.8 Å². The highest BCUT2D eigenvalue weighted by atomic mass is 79.9. The molecule has 1 unspecified atom stereocenters. The van der Waals surface area contributed by atoms with Crippen LogP contribution in [0, 0.1) is 11.8 Å². The van der Waals surface area contributed by atoms with E-state index in [1.807, 2.05) is 12.1 Å². The van der Waals surface area contributed by atoms with Gasteiger partial charge in [-0.25, -0.2) is 0 Å². The first-order valence-corrected chi connectivity index (χ1v) is 7.56. The average Bonchev–Trinajstić information content (AvgIpc) is 2.38. The molecule has 0 amide bonds. The molecule has 0 aliphatic heterocycles. The summed E-state index contributed by atoms with van der Waals surface area (Å²) in [6, 6.07) is 8.28. The summed E-state index contributed by atoms with van der Waals surface area (Å²) < 4.78 is 10.9. The zero-order valence-corrected chi connectivity index (χ0v) is 13.1. The molecule has 1 atom stereocenters. The third-order valence-electron chi connectivity index (χ3n) is 3.12. The monoisotopic (exact) mass is 314 g/mol. The molecule has 18 heavy (non-hydrogen) atoms. The van der Waals surface area contributed by atoms with Crippen molar-refractivity contribution in [3.63, 3.8) is 0 Å². The maximum Gasteiger partial charge on any atom is 0.119 e. The first-order chi connectivity index (χ1) is 8.67. The molecule has 0 aromatic heterocycles. The first-order valence-electron chi connectivity index (χ1n) is 6.44. The predicted octanol–water partition coefficient (Wildman–Crippen LogP) is 3.92. The van der Waals surface area contributed by atoms with Crippen molar-refractivity contribution in [2.24, 2.45) is 11.8 Å². The average molecular weight is 315 g/mol. The third-order valence-corrected chi connectivity index (χ3v) is 3.95. The Morgan fingerprint density at radius 2 is 1.83 bits per heavy atom. The van der Waals surface area contributed by atoms with E-state index in [-0.39, 0.29) is 0 Å². The van der Waals surface area contributed by atoms with Crippen molar-refractivity contribution in [2.45, 2.75) is 20.3 Å². The van der Waals surface area contributed by atoms with Gasteiger partial charge in [0.05, 0.1) is 13.2 Å². The fraction of sp³-hybridized carbons (Fsp3) is 0.600. The van der Waals surface area contributed by atoms with Gasteiger partial charge >= 0.3 is 0 Å². The van der Waals surface area contributed by atoms with Crippen LogP contribution in [0.25, 0.3) is 0 Å². The van der Waals surface area contributed by atoms with Gasteiger partial charge in [0, 0.05) is 18.4 Å². The number of benzene rings is 1. The van der Waals surface area contributed by atoms with Crippen LogP contribution in [-0.2, 0) is 11.2 Å². The van der Waals surface area contributed by atoms with Crippen LogP contribution in [0.5, 0.6) is 5.75 Å². The van der Waals surface area contributed by atoms with Crippen LogP contribution in [0.4, 0.5) is 0 Å². The molecule has 0 fully saturated rings. The molecule has 1 aromatic rings. The lowest BCUT2D eigenvalue weighted by molar-refractivity contribution is 0.202. The van der Waals surface area contributed by atoms with Gasteiger partial charge in [-0.3, -0.25) is 0 Å². The summed E-state index contributed by atoms with van der Waals surface area (Å²) in [7, 11) is 1.73. The van der Waals surface area contributed by atoms with Gasteiger partial charge in [0.25, 0.3) is 0 Å². The first kappa shape index (κ1) is 15.5. The molecule has 0 spiro atoms.